The lowest BCUT2D eigenvalue weighted by molar-refractivity contribution is 0.365. The average molecular weight is 180 g/mol. The van der Waals surface area contributed by atoms with E-state index in [0.29, 0.717) is 5.41 Å². The minimum absolute atomic E-state index is 0.453. The van der Waals surface area contributed by atoms with Crippen LogP contribution >= 0.6 is 0 Å². The average Bonchev–Trinajstić information content (AvgIpc) is 2.48. The second-order valence-corrected chi connectivity index (χ2v) is 4.72. The Labute approximate surface area is 81.1 Å². The second-order valence-electron chi connectivity index (χ2n) is 4.72. The molecule has 0 bridgehead atoms. The topological polar surface area (TPSA) is 24.4 Å². The predicted molar refractivity (Wildman–Crippen MR) is 58.1 cm³/mol. The predicted octanol–water partition coefficient (Wildman–Crippen LogP) is 2.37. The van der Waals surface area contributed by atoms with Crippen LogP contribution in [0.1, 0.15) is 33.6 Å². The highest BCUT2D eigenvalue weighted by molar-refractivity contribution is 5.94. The lowest BCUT2D eigenvalue weighted by atomic mass is 9.91. The number of nitrogens with zero attached hydrogens (tertiary/aromatic N) is 1. The van der Waals surface area contributed by atoms with Crippen LogP contribution in [0, 0.1) is 5.41 Å². The molecule has 0 spiro atoms. The van der Waals surface area contributed by atoms with Crippen molar-refractivity contribution >= 4 is 5.84 Å². The first-order chi connectivity index (χ1) is 6.08. The molecule has 2 nitrogen and oxygen atoms in total. The highest BCUT2D eigenvalue weighted by Crippen LogP contribution is 2.19. The first kappa shape index (κ1) is 10.3. The molecular weight excluding hydrogens is 160 g/mol. The van der Waals surface area contributed by atoms with Gasteiger partial charge in [0.1, 0.15) is 5.84 Å². The zero-order chi connectivity index (χ0) is 9.73. The van der Waals surface area contributed by atoms with Crippen LogP contribution in [0.2, 0.25) is 0 Å². The van der Waals surface area contributed by atoms with E-state index in [-0.39, 0.29) is 0 Å². The summed E-state index contributed by atoms with van der Waals surface area (Å²) < 4.78 is 0. The SMILES string of the molecule is CC(C)(C)CCCNC1=NCC=C1. The molecule has 0 radical (unpaired) electrons. The summed E-state index contributed by atoms with van der Waals surface area (Å²) in [6, 6.07) is 0. The zero-order valence-corrected chi connectivity index (χ0v) is 8.93. The summed E-state index contributed by atoms with van der Waals surface area (Å²) in [5.74, 6) is 1.05. The van der Waals surface area contributed by atoms with Crippen molar-refractivity contribution in [2.75, 3.05) is 13.1 Å². The van der Waals surface area contributed by atoms with Gasteiger partial charge in [-0.15, -0.1) is 0 Å². The third-order valence-corrected chi connectivity index (χ3v) is 2.05. The van der Waals surface area contributed by atoms with Crippen molar-refractivity contribution in [3.8, 4) is 0 Å². The van der Waals surface area contributed by atoms with Crippen LogP contribution in [0.3, 0.4) is 0 Å². The van der Waals surface area contributed by atoms with Crippen molar-refractivity contribution in [2.45, 2.75) is 33.6 Å². The fraction of sp³-hybridized carbons (Fsp3) is 0.727. The molecule has 0 saturated heterocycles. The summed E-state index contributed by atoms with van der Waals surface area (Å²) in [4.78, 5) is 4.26. The number of nitrogens with one attached hydrogen (secondary N) is 1. The molecule has 1 rings (SSSR count). The molecule has 0 unspecified atom stereocenters. The molecule has 1 heterocycles. The summed E-state index contributed by atoms with van der Waals surface area (Å²) in [7, 11) is 0. The Hall–Kier alpha value is -0.790. The molecule has 1 aliphatic heterocycles. The maximum atomic E-state index is 4.26. The van der Waals surface area contributed by atoms with Gasteiger partial charge in [0.25, 0.3) is 0 Å². The van der Waals surface area contributed by atoms with E-state index in [2.05, 4.69) is 43.2 Å². The maximum absolute atomic E-state index is 4.26. The first-order valence-electron chi connectivity index (χ1n) is 5.03. The molecule has 0 saturated carbocycles. The van der Waals surface area contributed by atoms with Crippen molar-refractivity contribution < 1.29 is 0 Å². The van der Waals surface area contributed by atoms with Gasteiger partial charge in [0.15, 0.2) is 0 Å². The highest BCUT2D eigenvalue weighted by atomic mass is 15.0. The van der Waals surface area contributed by atoms with Crippen molar-refractivity contribution in [2.24, 2.45) is 10.4 Å². The molecule has 1 N–H and O–H groups in total. The van der Waals surface area contributed by atoms with E-state index in [1.54, 1.807) is 0 Å². The van der Waals surface area contributed by atoms with Crippen LogP contribution in [0.25, 0.3) is 0 Å². The summed E-state index contributed by atoms with van der Waals surface area (Å²) in [5.41, 5.74) is 0.453. The van der Waals surface area contributed by atoms with Gasteiger partial charge in [-0.25, -0.2) is 0 Å². The molecule has 1 aliphatic rings. The summed E-state index contributed by atoms with van der Waals surface area (Å²) in [6.07, 6.45) is 6.61. The molecule has 0 aromatic heterocycles. The Morgan fingerprint density at radius 3 is 2.77 bits per heavy atom. The highest BCUT2D eigenvalue weighted by Gasteiger charge is 2.08. The minimum Gasteiger partial charge on any atom is -0.370 e. The Bertz CT molecular complexity index is 209. The summed E-state index contributed by atoms with van der Waals surface area (Å²) in [6.45, 7) is 8.72. The smallest absolute Gasteiger partial charge is 0.120 e. The lowest BCUT2D eigenvalue weighted by Gasteiger charge is -2.17. The monoisotopic (exact) mass is 180 g/mol. The fourth-order valence-electron chi connectivity index (χ4n) is 1.32. The van der Waals surface area contributed by atoms with Gasteiger partial charge in [0.05, 0.1) is 6.54 Å². The van der Waals surface area contributed by atoms with E-state index < -0.39 is 0 Å². The Morgan fingerprint density at radius 1 is 1.46 bits per heavy atom. The first-order valence-corrected chi connectivity index (χ1v) is 5.03. The van der Waals surface area contributed by atoms with Crippen molar-refractivity contribution in [1.82, 2.24) is 5.32 Å². The molecular formula is C11H20N2. The van der Waals surface area contributed by atoms with Crippen LogP contribution in [0.15, 0.2) is 17.1 Å². The van der Waals surface area contributed by atoms with E-state index in [9.17, 15) is 0 Å². The minimum atomic E-state index is 0.453. The molecule has 0 atom stereocenters. The number of rotatable bonds is 3. The Morgan fingerprint density at radius 2 is 2.23 bits per heavy atom. The van der Waals surface area contributed by atoms with Gasteiger partial charge < -0.3 is 5.32 Å². The van der Waals surface area contributed by atoms with Crippen LogP contribution in [-0.2, 0) is 0 Å². The van der Waals surface area contributed by atoms with Gasteiger partial charge in [-0.3, -0.25) is 4.99 Å². The van der Waals surface area contributed by atoms with Crippen molar-refractivity contribution in [3.05, 3.63) is 12.2 Å². The zero-order valence-electron chi connectivity index (χ0n) is 8.93. The third kappa shape index (κ3) is 4.71. The fourth-order valence-corrected chi connectivity index (χ4v) is 1.32. The van der Waals surface area contributed by atoms with Crippen molar-refractivity contribution in [3.63, 3.8) is 0 Å². The molecule has 0 aromatic carbocycles. The second kappa shape index (κ2) is 4.45. The molecule has 0 aliphatic carbocycles. The van der Waals surface area contributed by atoms with E-state index >= 15 is 0 Å². The Balaban J connectivity index is 2.04. The number of amidine groups is 1. The van der Waals surface area contributed by atoms with Gasteiger partial charge in [-0.05, 0) is 24.3 Å². The summed E-state index contributed by atoms with van der Waals surface area (Å²) >= 11 is 0. The number of hydrogen-bond donors (Lipinski definition) is 1. The van der Waals surface area contributed by atoms with Crippen LogP contribution in [0.5, 0.6) is 0 Å². The summed E-state index contributed by atoms with van der Waals surface area (Å²) in [5, 5.41) is 3.32. The largest absolute Gasteiger partial charge is 0.370 e. The van der Waals surface area contributed by atoms with Crippen LogP contribution in [0.4, 0.5) is 0 Å². The van der Waals surface area contributed by atoms with Gasteiger partial charge in [0.2, 0.25) is 0 Å². The molecule has 0 amide bonds. The standard InChI is InChI=1S/C11H20N2/c1-11(2,3)7-5-9-13-10-6-4-8-12-10/h4,6H,5,7-9H2,1-3H3,(H,12,13). The van der Waals surface area contributed by atoms with Crippen LogP contribution < -0.4 is 5.32 Å². The third-order valence-electron chi connectivity index (χ3n) is 2.05. The number of aliphatic imine (C=N–C) groups is 1. The lowest BCUT2D eigenvalue weighted by Crippen LogP contribution is -2.22. The molecule has 13 heavy (non-hydrogen) atoms. The normalized spacial score (nSPS) is 16.1. The van der Waals surface area contributed by atoms with Gasteiger partial charge in [-0.2, -0.15) is 0 Å². The van der Waals surface area contributed by atoms with E-state index in [1.807, 2.05) is 0 Å². The van der Waals surface area contributed by atoms with Gasteiger partial charge in [-0.1, -0.05) is 26.8 Å². The van der Waals surface area contributed by atoms with E-state index in [0.717, 1.165) is 18.9 Å². The molecule has 0 fully saturated rings. The molecule has 0 aromatic rings. The van der Waals surface area contributed by atoms with Crippen LogP contribution in [-0.4, -0.2) is 18.9 Å². The van der Waals surface area contributed by atoms with E-state index in [4.69, 9.17) is 0 Å². The maximum Gasteiger partial charge on any atom is 0.120 e. The van der Waals surface area contributed by atoms with E-state index in [1.165, 1.54) is 12.8 Å². The Kier molecular flexibility index (Phi) is 3.52. The molecule has 74 valence electrons. The van der Waals surface area contributed by atoms with Gasteiger partial charge >= 0.3 is 0 Å². The quantitative estimate of drug-likeness (QED) is 0.662. The number of hydrogen-bond acceptors (Lipinski definition) is 2. The van der Waals surface area contributed by atoms with Crippen molar-refractivity contribution in [1.29, 1.82) is 0 Å². The van der Waals surface area contributed by atoms with Gasteiger partial charge in [0, 0.05) is 6.54 Å². The molecule has 2 heteroatoms.